The predicted molar refractivity (Wildman–Crippen MR) is 142 cm³/mol. The van der Waals surface area contributed by atoms with Crippen LogP contribution in [0.15, 0.2) is 96.5 Å². The number of benzene rings is 3. The van der Waals surface area contributed by atoms with Gasteiger partial charge >= 0.3 is 0 Å². The molecule has 5 rings (SSSR count). The van der Waals surface area contributed by atoms with Crippen LogP contribution in [0.2, 0.25) is 0 Å². The van der Waals surface area contributed by atoms with Crippen molar-refractivity contribution < 1.29 is 14.3 Å². The summed E-state index contributed by atoms with van der Waals surface area (Å²) in [6.45, 7) is 0.266. The van der Waals surface area contributed by atoms with E-state index in [1.54, 1.807) is 36.9 Å². The molecule has 0 bridgehead atoms. The predicted octanol–water partition coefficient (Wildman–Crippen LogP) is 4.80. The van der Waals surface area contributed by atoms with Crippen LogP contribution in [0.25, 0.3) is 10.8 Å². The highest BCUT2D eigenvalue weighted by atomic mass is 32.1. The summed E-state index contributed by atoms with van der Waals surface area (Å²) in [4.78, 5) is 33.7. The van der Waals surface area contributed by atoms with Crippen LogP contribution >= 0.6 is 11.5 Å². The Morgan fingerprint density at radius 1 is 0.973 bits per heavy atom. The zero-order valence-corrected chi connectivity index (χ0v) is 20.8. The lowest BCUT2D eigenvalue weighted by Gasteiger charge is -2.31. The van der Waals surface area contributed by atoms with E-state index in [1.807, 2.05) is 66.7 Å². The Morgan fingerprint density at radius 3 is 2.49 bits per heavy atom. The fourth-order valence-corrected chi connectivity index (χ4v) is 4.55. The molecular formula is C28H23N5O3S. The Morgan fingerprint density at radius 2 is 1.76 bits per heavy atom. The van der Waals surface area contributed by atoms with Crippen LogP contribution in [0.1, 0.15) is 27.8 Å². The second-order valence-electron chi connectivity index (χ2n) is 8.19. The van der Waals surface area contributed by atoms with Crippen molar-refractivity contribution in [3.05, 3.63) is 113 Å². The number of pyridine rings is 1. The van der Waals surface area contributed by atoms with Crippen LogP contribution in [-0.2, 0) is 11.3 Å². The molecule has 9 heteroatoms. The summed E-state index contributed by atoms with van der Waals surface area (Å²) < 4.78 is 9.08. The van der Waals surface area contributed by atoms with Crippen molar-refractivity contribution in [1.82, 2.24) is 19.9 Å². The highest BCUT2D eigenvalue weighted by molar-refractivity contribution is 7.03. The van der Waals surface area contributed by atoms with Crippen LogP contribution in [0.5, 0.6) is 5.75 Å². The molecular weight excluding hydrogens is 486 g/mol. The second-order valence-corrected chi connectivity index (χ2v) is 8.80. The number of nitrogens with one attached hydrogen (secondary N) is 1. The van der Waals surface area contributed by atoms with Crippen LogP contribution in [0.3, 0.4) is 0 Å². The van der Waals surface area contributed by atoms with Gasteiger partial charge in [0.25, 0.3) is 5.91 Å². The molecule has 0 aliphatic rings. The number of nitrogens with zero attached hydrogens (tertiary/aromatic N) is 4. The zero-order valence-electron chi connectivity index (χ0n) is 19.9. The zero-order chi connectivity index (χ0) is 25.6. The third-order valence-electron chi connectivity index (χ3n) is 5.92. The van der Waals surface area contributed by atoms with Gasteiger partial charge in [0.1, 0.15) is 5.75 Å². The van der Waals surface area contributed by atoms with Crippen LogP contribution in [0.4, 0.5) is 5.69 Å². The van der Waals surface area contributed by atoms with E-state index in [9.17, 15) is 9.59 Å². The maximum absolute atomic E-state index is 13.9. The molecule has 8 nitrogen and oxygen atoms in total. The summed E-state index contributed by atoms with van der Waals surface area (Å²) in [6.07, 6.45) is 1.61. The van der Waals surface area contributed by atoms with Crippen molar-refractivity contribution in [1.29, 1.82) is 0 Å². The fraction of sp³-hybridized carbons (Fsp3) is 0.107. The van der Waals surface area contributed by atoms with Gasteiger partial charge in [0.15, 0.2) is 11.7 Å². The third-order valence-corrected chi connectivity index (χ3v) is 6.43. The lowest BCUT2D eigenvalue weighted by molar-refractivity contribution is -0.122. The van der Waals surface area contributed by atoms with Gasteiger partial charge in [-0.25, -0.2) is 0 Å². The van der Waals surface area contributed by atoms with Crippen molar-refractivity contribution in [3.8, 4) is 5.75 Å². The molecule has 3 aromatic carbocycles. The van der Waals surface area contributed by atoms with Gasteiger partial charge in [0.2, 0.25) is 5.91 Å². The van der Waals surface area contributed by atoms with E-state index in [0.29, 0.717) is 11.4 Å². The van der Waals surface area contributed by atoms with E-state index < -0.39 is 11.9 Å². The molecule has 2 aromatic heterocycles. The first-order valence-corrected chi connectivity index (χ1v) is 12.4. The number of amides is 2. The number of fused-ring (bicyclic) bond motifs is 1. The molecule has 2 amide bonds. The van der Waals surface area contributed by atoms with E-state index in [-0.39, 0.29) is 18.1 Å². The summed E-state index contributed by atoms with van der Waals surface area (Å²) in [5.41, 5.74) is 2.05. The molecule has 1 unspecified atom stereocenters. The first-order valence-electron chi connectivity index (χ1n) is 11.6. The van der Waals surface area contributed by atoms with E-state index >= 15 is 0 Å². The van der Waals surface area contributed by atoms with Gasteiger partial charge in [-0.05, 0) is 52.8 Å². The smallest absolute Gasteiger partial charge is 0.280 e. The molecule has 0 spiro atoms. The van der Waals surface area contributed by atoms with Crippen molar-refractivity contribution in [2.45, 2.75) is 12.6 Å². The number of aromatic nitrogens is 3. The summed E-state index contributed by atoms with van der Waals surface area (Å²) in [6, 6.07) is 25.0. The Labute approximate surface area is 217 Å². The number of ether oxygens (including phenoxy) is 1. The number of anilines is 1. The molecule has 37 heavy (non-hydrogen) atoms. The summed E-state index contributed by atoms with van der Waals surface area (Å²) >= 11 is 1.08. The molecule has 0 radical (unpaired) electrons. The number of carbonyl (C=O) groups excluding carboxylic acids is 2. The number of rotatable bonds is 8. The summed E-state index contributed by atoms with van der Waals surface area (Å²) in [5, 5.41) is 10.3. The molecule has 0 saturated heterocycles. The largest absolute Gasteiger partial charge is 0.497 e. The highest BCUT2D eigenvalue weighted by Gasteiger charge is 2.36. The van der Waals surface area contributed by atoms with Crippen molar-refractivity contribution in [3.63, 3.8) is 0 Å². The molecule has 0 aliphatic heterocycles. The molecule has 2 heterocycles. The summed E-state index contributed by atoms with van der Waals surface area (Å²) in [7, 11) is 1.60. The minimum atomic E-state index is -1.06. The first kappa shape index (κ1) is 24.1. The first-order chi connectivity index (χ1) is 18.2. The van der Waals surface area contributed by atoms with E-state index in [1.165, 1.54) is 4.90 Å². The SMILES string of the molecule is COc1ccc(CNC(=O)C(c2ccccn2)N(C(=O)c2csnn2)c2cccc3ccccc23)cc1. The van der Waals surface area contributed by atoms with Crippen molar-refractivity contribution in [2.75, 3.05) is 12.0 Å². The Hall–Kier alpha value is -4.63. The Kier molecular flexibility index (Phi) is 7.14. The number of hydrogen-bond donors (Lipinski definition) is 1. The fourth-order valence-electron chi connectivity index (χ4n) is 4.12. The summed E-state index contributed by atoms with van der Waals surface area (Å²) in [5.74, 6) is -0.0922. The van der Waals surface area contributed by atoms with Gasteiger partial charge in [-0.3, -0.25) is 19.5 Å². The highest BCUT2D eigenvalue weighted by Crippen LogP contribution is 2.34. The van der Waals surface area contributed by atoms with Gasteiger partial charge in [0, 0.05) is 23.5 Å². The normalized spacial score (nSPS) is 11.6. The van der Waals surface area contributed by atoms with E-state index in [0.717, 1.165) is 33.6 Å². The monoisotopic (exact) mass is 509 g/mol. The average Bonchev–Trinajstić information content (AvgIpc) is 3.50. The Balaban J connectivity index is 1.59. The number of carbonyl (C=O) groups is 2. The second kappa shape index (κ2) is 11.0. The molecule has 184 valence electrons. The van der Waals surface area contributed by atoms with Gasteiger partial charge in [0.05, 0.1) is 18.5 Å². The molecule has 0 fully saturated rings. The topological polar surface area (TPSA) is 97.3 Å². The molecule has 0 aliphatic carbocycles. The van der Waals surface area contributed by atoms with E-state index in [2.05, 4.69) is 19.9 Å². The Bertz CT molecular complexity index is 1500. The lowest BCUT2D eigenvalue weighted by atomic mass is 10.0. The third kappa shape index (κ3) is 5.17. The van der Waals surface area contributed by atoms with Gasteiger partial charge in [-0.2, -0.15) is 0 Å². The van der Waals surface area contributed by atoms with Crippen molar-refractivity contribution in [2.24, 2.45) is 0 Å². The van der Waals surface area contributed by atoms with Crippen LogP contribution in [-0.4, -0.2) is 33.5 Å². The van der Waals surface area contributed by atoms with Gasteiger partial charge in [-0.15, -0.1) is 5.10 Å². The van der Waals surface area contributed by atoms with Crippen LogP contribution < -0.4 is 15.0 Å². The molecule has 0 saturated carbocycles. The number of hydrogen-bond acceptors (Lipinski definition) is 7. The minimum Gasteiger partial charge on any atom is -0.497 e. The standard InChI is InChI=1S/C28H23N5O3S/c1-36-21-14-12-19(13-15-21)17-30-27(34)26(23-10-4-5-16-29-23)33(28(35)24-18-37-32-31-24)25-11-6-8-20-7-2-3-9-22(20)25/h2-16,18,26H,17H2,1H3,(H,30,34). The lowest BCUT2D eigenvalue weighted by Crippen LogP contribution is -2.44. The van der Waals surface area contributed by atoms with Crippen LogP contribution in [0, 0.1) is 0 Å². The maximum atomic E-state index is 13.9. The molecule has 5 aromatic rings. The van der Waals surface area contributed by atoms with E-state index in [4.69, 9.17) is 4.74 Å². The maximum Gasteiger partial charge on any atom is 0.280 e. The van der Waals surface area contributed by atoms with Gasteiger partial charge in [-0.1, -0.05) is 59.1 Å². The van der Waals surface area contributed by atoms with Gasteiger partial charge < -0.3 is 10.1 Å². The number of methoxy groups -OCH3 is 1. The average molecular weight is 510 g/mol. The minimum absolute atomic E-state index is 0.154. The van der Waals surface area contributed by atoms with Crippen molar-refractivity contribution >= 4 is 39.8 Å². The molecule has 1 atom stereocenters. The molecule has 1 N–H and O–H groups in total. The quantitative estimate of drug-likeness (QED) is 0.323.